The van der Waals surface area contributed by atoms with Gasteiger partial charge in [-0.3, -0.25) is 0 Å². The van der Waals surface area contributed by atoms with Crippen LogP contribution in [0.25, 0.3) is 0 Å². The summed E-state index contributed by atoms with van der Waals surface area (Å²) in [6, 6.07) is 0.481. The lowest BCUT2D eigenvalue weighted by atomic mass is 9.68. The van der Waals surface area contributed by atoms with Gasteiger partial charge in [-0.05, 0) is 48.9 Å². The van der Waals surface area contributed by atoms with Gasteiger partial charge >= 0.3 is 0 Å². The van der Waals surface area contributed by atoms with Crippen molar-refractivity contribution in [2.75, 3.05) is 12.3 Å². The molecule has 2 saturated carbocycles. The molecule has 1 aliphatic heterocycles. The van der Waals surface area contributed by atoms with E-state index >= 15 is 0 Å². The van der Waals surface area contributed by atoms with Crippen LogP contribution in [0.15, 0.2) is 0 Å². The van der Waals surface area contributed by atoms with Crippen LogP contribution in [0.3, 0.4) is 0 Å². The summed E-state index contributed by atoms with van der Waals surface area (Å²) in [5.74, 6) is 1.21. The van der Waals surface area contributed by atoms with E-state index in [0.717, 1.165) is 18.8 Å². The fourth-order valence-electron chi connectivity index (χ4n) is 5.15. The Bertz CT molecular complexity index is 466. The molecule has 0 aromatic heterocycles. The van der Waals surface area contributed by atoms with Crippen molar-refractivity contribution in [2.24, 2.45) is 16.7 Å². The van der Waals surface area contributed by atoms with E-state index in [9.17, 15) is 8.42 Å². The molecule has 0 aromatic carbocycles. The Labute approximate surface area is 117 Å². The van der Waals surface area contributed by atoms with E-state index in [-0.39, 0.29) is 5.25 Å². The van der Waals surface area contributed by atoms with Gasteiger partial charge in [-0.15, -0.1) is 0 Å². The summed E-state index contributed by atoms with van der Waals surface area (Å²) in [5.41, 5.74) is 0.700. The lowest BCUT2D eigenvalue weighted by Crippen LogP contribution is -2.52. The highest BCUT2D eigenvalue weighted by molar-refractivity contribution is 7.92. The quantitative estimate of drug-likeness (QED) is 0.866. The van der Waals surface area contributed by atoms with E-state index < -0.39 is 9.84 Å². The van der Waals surface area contributed by atoms with Gasteiger partial charge in [0.1, 0.15) is 0 Å². The Morgan fingerprint density at radius 2 is 1.95 bits per heavy atom. The second kappa shape index (κ2) is 4.20. The fourth-order valence-corrected chi connectivity index (χ4v) is 6.93. The zero-order valence-electron chi connectivity index (χ0n) is 12.4. The largest absolute Gasteiger partial charge is 0.312 e. The molecule has 1 heterocycles. The number of fused-ring (bicyclic) bond motifs is 2. The van der Waals surface area contributed by atoms with Crippen LogP contribution < -0.4 is 5.32 Å². The lowest BCUT2D eigenvalue weighted by Gasteiger charge is -2.43. The minimum absolute atomic E-state index is 0.133. The normalized spacial score (nSPS) is 46.8. The van der Waals surface area contributed by atoms with E-state index in [1.807, 2.05) is 0 Å². The highest BCUT2D eigenvalue weighted by Gasteiger charge is 2.59. The molecule has 2 aliphatic carbocycles. The van der Waals surface area contributed by atoms with Crippen molar-refractivity contribution in [1.29, 1.82) is 0 Å². The minimum Gasteiger partial charge on any atom is -0.312 e. The van der Waals surface area contributed by atoms with Crippen molar-refractivity contribution in [3.63, 3.8) is 0 Å². The van der Waals surface area contributed by atoms with Gasteiger partial charge in [0.25, 0.3) is 0 Å². The summed E-state index contributed by atoms with van der Waals surface area (Å²) in [4.78, 5) is 0. The summed E-state index contributed by atoms with van der Waals surface area (Å²) in [6.07, 6.45) is 5.67. The Kier molecular flexibility index (Phi) is 3.07. The summed E-state index contributed by atoms with van der Waals surface area (Å²) in [7, 11) is -2.81. The van der Waals surface area contributed by atoms with Crippen molar-refractivity contribution in [3.8, 4) is 0 Å². The van der Waals surface area contributed by atoms with Gasteiger partial charge in [-0.2, -0.15) is 0 Å². The van der Waals surface area contributed by atoms with Crippen LogP contribution in [0.4, 0.5) is 0 Å². The molecule has 0 spiro atoms. The van der Waals surface area contributed by atoms with Gasteiger partial charge in [0, 0.05) is 12.6 Å². The van der Waals surface area contributed by atoms with Crippen LogP contribution in [-0.2, 0) is 9.84 Å². The van der Waals surface area contributed by atoms with Crippen LogP contribution in [-0.4, -0.2) is 32.0 Å². The molecule has 0 radical (unpaired) electrons. The molecule has 4 atom stereocenters. The third-order valence-corrected chi connectivity index (χ3v) is 8.56. The summed E-state index contributed by atoms with van der Waals surface area (Å²) < 4.78 is 23.9. The van der Waals surface area contributed by atoms with Crippen molar-refractivity contribution >= 4 is 9.84 Å². The third kappa shape index (κ3) is 2.06. The molecule has 3 rings (SSSR count). The van der Waals surface area contributed by atoms with E-state index in [2.05, 4.69) is 26.1 Å². The predicted octanol–water partition coefficient (Wildman–Crippen LogP) is 2.37. The second-order valence-electron chi connectivity index (χ2n) is 7.89. The molecule has 1 saturated heterocycles. The van der Waals surface area contributed by atoms with Crippen molar-refractivity contribution < 1.29 is 8.42 Å². The zero-order valence-corrected chi connectivity index (χ0v) is 13.2. The van der Waals surface area contributed by atoms with E-state index in [1.54, 1.807) is 0 Å². The summed E-state index contributed by atoms with van der Waals surface area (Å²) >= 11 is 0. The van der Waals surface area contributed by atoms with E-state index in [1.165, 1.54) is 19.3 Å². The number of rotatable bonds is 3. The van der Waals surface area contributed by atoms with Crippen molar-refractivity contribution in [3.05, 3.63) is 0 Å². The Hall–Kier alpha value is -0.0900. The molecular weight excluding hydrogens is 258 g/mol. The van der Waals surface area contributed by atoms with Crippen molar-refractivity contribution in [2.45, 2.75) is 64.2 Å². The molecule has 2 unspecified atom stereocenters. The predicted molar refractivity (Wildman–Crippen MR) is 77.8 cm³/mol. The molecule has 3 nitrogen and oxygen atoms in total. The molecular formula is C15H27NO2S. The standard InChI is InChI=1S/C15H27NO2S/c1-14(2)11-6-7-15(3,9-11)13(14)16-10-12-5-4-8-19(12,17)18/h11-13,16H,4-10H2,1-3H3/t11-,12?,13?,15+/m0/s1. The van der Waals surface area contributed by atoms with Gasteiger partial charge in [-0.25, -0.2) is 8.42 Å². The van der Waals surface area contributed by atoms with Gasteiger partial charge in [-0.1, -0.05) is 20.8 Å². The topological polar surface area (TPSA) is 46.2 Å². The van der Waals surface area contributed by atoms with Gasteiger partial charge < -0.3 is 5.32 Å². The molecule has 2 bridgehead atoms. The van der Waals surface area contributed by atoms with Gasteiger partial charge in [0.15, 0.2) is 9.84 Å². The number of nitrogens with one attached hydrogen (secondary N) is 1. The Balaban J connectivity index is 1.70. The first-order valence-electron chi connectivity index (χ1n) is 7.71. The smallest absolute Gasteiger partial charge is 0.154 e. The Morgan fingerprint density at radius 1 is 1.21 bits per heavy atom. The first-order chi connectivity index (χ1) is 8.76. The Morgan fingerprint density at radius 3 is 2.47 bits per heavy atom. The highest BCUT2D eigenvalue weighted by Crippen LogP contribution is 2.62. The molecule has 3 fully saturated rings. The maximum absolute atomic E-state index is 11.9. The maximum atomic E-state index is 11.9. The van der Waals surface area contributed by atoms with Crippen molar-refractivity contribution in [1.82, 2.24) is 5.32 Å². The maximum Gasteiger partial charge on any atom is 0.154 e. The molecule has 19 heavy (non-hydrogen) atoms. The number of hydrogen-bond donors (Lipinski definition) is 1. The molecule has 110 valence electrons. The second-order valence-corrected chi connectivity index (χ2v) is 10.3. The zero-order chi connectivity index (χ0) is 13.9. The van der Waals surface area contributed by atoms with Crippen LogP contribution in [0.1, 0.15) is 52.9 Å². The average Bonchev–Trinajstić information content (AvgIpc) is 2.88. The monoisotopic (exact) mass is 285 g/mol. The third-order valence-electron chi connectivity index (χ3n) is 6.28. The molecule has 1 N–H and O–H groups in total. The molecule has 4 heteroatoms. The number of hydrogen-bond acceptors (Lipinski definition) is 3. The lowest BCUT2D eigenvalue weighted by molar-refractivity contribution is 0.109. The molecule has 3 aliphatic rings. The average molecular weight is 285 g/mol. The van der Waals surface area contributed by atoms with Gasteiger partial charge in [0.05, 0.1) is 11.0 Å². The first-order valence-corrected chi connectivity index (χ1v) is 9.42. The van der Waals surface area contributed by atoms with Gasteiger partial charge in [0.2, 0.25) is 0 Å². The molecule has 0 amide bonds. The minimum atomic E-state index is -2.81. The number of sulfone groups is 1. The SMILES string of the molecule is CC1(C)C(NCC2CCCS2(=O)=O)[C@]2(C)CC[C@H]1C2. The van der Waals surface area contributed by atoms with Crippen LogP contribution >= 0.6 is 0 Å². The summed E-state index contributed by atoms with van der Waals surface area (Å²) in [6.45, 7) is 7.78. The van der Waals surface area contributed by atoms with Crippen LogP contribution in [0, 0.1) is 16.7 Å². The van der Waals surface area contributed by atoms with E-state index in [0.29, 0.717) is 29.2 Å². The highest BCUT2D eigenvalue weighted by atomic mass is 32.2. The molecule has 0 aromatic rings. The fraction of sp³-hybridized carbons (Fsp3) is 1.00. The first kappa shape index (κ1) is 13.9. The van der Waals surface area contributed by atoms with E-state index in [4.69, 9.17) is 0 Å². The summed E-state index contributed by atoms with van der Waals surface area (Å²) in [5, 5.41) is 3.53. The van der Waals surface area contributed by atoms with Crippen LogP contribution in [0.2, 0.25) is 0 Å². The van der Waals surface area contributed by atoms with Crippen LogP contribution in [0.5, 0.6) is 0 Å².